The highest BCUT2D eigenvalue weighted by atomic mass is 16.5. The number of nitrogens with zero attached hydrogens (tertiary/aromatic N) is 2. The lowest BCUT2D eigenvalue weighted by Gasteiger charge is -2.11. The first-order valence-corrected chi connectivity index (χ1v) is 7.29. The summed E-state index contributed by atoms with van der Waals surface area (Å²) in [7, 11) is 0. The number of benzene rings is 1. The summed E-state index contributed by atoms with van der Waals surface area (Å²) in [6, 6.07) is 8.40. The van der Waals surface area contributed by atoms with Gasteiger partial charge in [0.2, 0.25) is 0 Å². The van der Waals surface area contributed by atoms with Crippen LogP contribution in [0.1, 0.15) is 23.6 Å². The number of aromatic nitrogens is 2. The van der Waals surface area contributed by atoms with Crippen LogP contribution in [0.2, 0.25) is 0 Å². The summed E-state index contributed by atoms with van der Waals surface area (Å²) in [5.41, 5.74) is 6.70. The standard InChI is InChI=1S/C18H20N2O/c1-5-21-17-10-13(3)15(9-14(17)4)16-11-20-8-6-7-12(2)18(20)19-16/h6-11H,5H2,1-4H3. The lowest BCUT2D eigenvalue weighted by atomic mass is 10.0. The second kappa shape index (κ2) is 5.24. The van der Waals surface area contributed by atoms with Gasteiger partial charge >= 0.3 is 0 Å². The molecule has 0 spiro atoms. The van der Waals surface area contributed by atoms with Crippen molar-refractivity contribution < 1.29 is 4.74 Å². The molecule has 21 heavy (non-hydrogen) atoms. The van der Waals surface area contributed by atoms with Gasteiger partial charge in [-0.05, 0) is 62.6 Å². The van der Waals surface area contributed by atoms with E-state index in [0.29, 0.717) is 6.61 Å². The van der Waals surface area contributed by atoms with Crippen LogP contribution in [-0.2, 0) is 0 Å². The molecule has 0 bridgehead atoms. The maximum Gasteiger partial charge on any atom is 0.140 e. The Morgan fingerprint density at radius 1 is 1.10 bits per heavy atom. The zero-order valence-electron chi connectivity index (χ0n) is 13.0. The summed E-state index contributed by atoms with van der Waals surface area (Å²) in [6.07, 6.45) is 4.13. The van der Waals surface area contributed by atoms with Gasteiger partial charge in [-0.2, -0.15) is 0 Å². The van der Waals surface area contributed by atoms with Crippen LogP contribution in [0.25, 0.3) is 16.9 Å². The molecule has 2 heterocycles. The summed E-state index contributed by atoms with van der Waals surface area (Å²) >= 11 is 0. The van der Waals surface area contributed by atoms with Crippen molar-refractivity contribution in [2.45, 2.75) is 27.7 Å². The molecular formula is C18H20N2O. The topological polar surface area (TPSA) is 26.5 Å². The number of rotatable bonds is 3. The van der Waals surface area contributed by atoms with Gasteiger partial charge in [-0.25, -0.2) is 4.98 Å². The molecule has 0 fully saturated rings. The van der Waals surface area contributed by atoms with Crippen molar-refractivity contribution >= 4 is 5.65 Å². The Hall–Kier alpha value is -2.29. The third-order valence-corrected chi connectivity index (χ3v) is 3.78. The van der Waals surface area contributed by atoms with Crippen molar-refractivity contribution in [3.63, 3.8) is 0 Å². The molecule has 3 rings (SSSR count). The summed E-state index contributed by atoms with van der Waals surface area (Å²) in [5, 5.41) is 0. The molecule has 3 heteroatoms. The van der Waals surface area contributed by atoms with Crippen LogP contribution in [0.4, 0.5) is 0 Å². The van der Waals surface area contributed by atoms with Gasteiger partial charge in [-0.15, -0.1) is 0 Å². The molecule has 0 aliphatic carbocycles. The Kier molecular flexibility index (Phi) is 3.42. The van der Waals surface area contributed by atoms with Crippen LogP contribution >= 0.6 is 0 Å². The lowest BCUT2D eigenvalue weighted by molar-refractivity contribution is 0.337. The Bertz CT molecular complexity index is 802. The molecule has 0 unspecified atom stereocenters. The van der Waals surface area contributed by atoms with E-state index in [1.54, 1.807) is 0 Å². The predicted molar refractivity (Wildman–Crippen MR) is 86.0 cm³/mol. The fourth-order valence-corrected chi connectivity index (χ4v) is 2.66. The van der Waals surface area contributed by atoms with E-state index in [1.165, 1.54) is 16.7 Å². The van der Waals surface area contributed by atoms with Gasteiger partial charge in [0.15, 0.2) is 0 Å². The minimum atomic E-state index is 0.688. The quantitative estimate of drug-likeness (QED) is 0.714. The number of fused-ring (bicyclic) bond motifs is 1. The summed E-state index contributed by atoms with van der Waals surface area (Å²) < 4.78 is 7.74. The van der Waals surface area contributed by atoms with E-state index in [1.807, 2.05) is 19.2 Å². The van der Waals surface area contributed by atoms with E-state index in [0.717, 1.165) is 22.7 Å². The average Bonchev–Trinajstić information content (AvgIpc) is 2.88. The first kappa shape index (κ1) is 13.7. The van der Waals surface area contributed by atoms with Crippen molar-refractivity contribution in [1.29, 1.82) is 0 Å². The molecule has 2 aromatic heterocycles. The Labute approximate surface area is 125 Å². The van der Waals surface area contributed by atoms with Gasteiger partial charge in [0.25, 0.3) is 0 Å². The molecule has 0 atom stereocenters. The smallest absolute Gasteiger partial charge is 0.140 e. The fourth-order valence-electron chi connectivity index (χ4n) is 2.66. The second-order valence-electron chi connectivity index (χ2n) is 5.41. The van der Waals surface area contributed by atoms with Gasteiger partial charge in [0, 0.05) is 18.0 Å². The zero-order chi connectivity index (χ0) is 15.0. The lowest BCUT2D eigenvalue weighted by Crippen LogP contribution is -1.96. The van der Waals surface area contributed by atoms with Gasteiger partial charge in [-0.1, -0.05) is 6.07 Å². The maximum atomic E-state index is 5.66. The van der Waals surface area contributed by atoms with Crippen molar-refractivity contribution in [1.82, 2.24) is 9.38 Å². The van der Waals surface area contributed by atoms with Crippen LogP contribution in [0.3, 0.4) is 0 Å². The van der Waals surface area contributed by atoms with Crippen LogP contribution in [0.5, 0.6) is 5.75 Å². The number of ether oxygens (including phenoxy) is 1. The molecule has 3 aromatic rings. The van der Waals surface area contributed by atoms with E-state index in [9.17, 15) is 0 Å². The van der Waals surface area contributed by atoms with E-state index in [2.05, 4.69) is 49.6 Å². The normalized spacial score (nSPS) is 11.0. The highest BCUT2D eigenvalue weighted by Gasteiger charge is 2.11. The van der Waals surface area contributed by atoms with Gasteiger partial charge < -0.3 is 9.14 Å². The number of hydrogen-bond acceptors (Lipinski definition) is 2. The highest BCUT2D eigenvalue weighted by Crippen LogP contribution is 2.30. The number of imidazole rings is 1. The molecule has 108 valence electrons. The van der Waals surface area contributed by atoms with Crippen molar-refractivity contribution in [3.05, 3.63) is 53.3 Å². The van der Waals surface area contributed by atoms with E-state index < -0.39 is 0 Å². The minimum Gasteiger partial charge on any atom is -0.494 e. The van der Waals surface area contributed by atoms with Crippen molar-refractivity contribution in [2.75, 3.05) is 6.61 Å². The fraction of sp³-hybridized carbons (Fsp3) is 0.278. The maximum absolute atomic E-state index is 5.66. The summed E-state index contributed by atoms with van der Waals surface area (Å²) in [4.78, 5) is 4.78. The third-order valence-electron chi connectivity index (χ3n) is 3.78. The largest absolute Gasteiger partial charge is 0.494 e. The number of aryl methyl sites for hydroxylation is 3. The van der Waals surface area contributed by atoms with Crippen LogP contribution in [-0.4, -0.2) is 16.0 Å². The minimum absolute atomic E-state index is 0.688. The molecule has 0 N–H and O–H groups in total. The van der Waals surface area contributed by atoms with E-state index >= 15 is 0 Å². The second-order valence-corrected chi connectivity index (χ2v) is 5.41. The number of hydrogen-bond donors (Lipinski definition) is 0. The summed E-state index contributed by atoms with van der Waals surface area (Å²) in [6.45, 7) is 8.96. The molecule has 0 radical (unpaired) electrons. The number of pyridine rings is 1. The molecule has 1 aromatic carbocycles. The Balaban J connectivity index is 2.14. The van der Waals surface area contributed by atoms with E-state index in [4.69, 9.17) is 9.72 Å². The monoisotopic (exact) mass is 280 g/mol. The van der Waals surface area contributed by atoms with Crippen LogP contribution < -0.4 is 4.74 Å². The first-order valence-electron chi connectivity index (χ1n) is 7.29. The molecule has 0 saturated heterocycles. The molecule has 0 aliphatic rings. The Morgan fingerprint density at radius 2 is 1.90 bits per heavy atom. The van der Waals surface area contributed by atoms with Crippen molar-refractivity contribution in [2.24, 2.45) is 0 Å². The zero-order valence-corrected chi connectivity index (χ0v) is 13.0. The van der Waals surface area contributed by atoms with E-state index in [-0.39, 0.29) is 0 Å². The van der Waals surface area contributed by atoms with Gasteiger partial charge in [0.1, 0.15) is 11.4 Å². The molecule has 3 nitrogen and oxygen atoms in total. The molecule has 0 saturated carbocycles. The Morgan fingerprint density at radius 3 is 2.62 bits per heavy atom. The van der Waals surface area contributed by atoms with Crippen LogP contribution in [0, 0.1) is 20.8 Å². The third kappa shape index (κ3) is 2.40. The SMILES string of the molecule is CCOc1cc(C)c(-c2cn3cccc(C)c3n2)cc1C. The van der Waals surface area contributed by atoms with Gasteiger partial charge in [0.05, 0.1) is 12.3 Å². The highest BCUT2D eigenvalue weighted by molar-refractivity contribution is 5.69. The molecular weight excluding hydrogens is 260 g/mol. The van der Waals surface area contributed by atoms with Crippen molar-refractivity contribution in [3.8, 4) is 17.0 Å². The average molecular weight is 280 g/mol. The van der Waals surface area contributed by atoms with Gasteiger partial charge in [-0.3, -0.25) is 0 Å². The summed E-state index contributed by atoms with van der Waals surface area (Å²) in [5.74, 6) is 0.957. The van der Waals surface area contributed by atoms with Crippen LogP contribution in [0.15, 0.2) is 36.7 Å². The molecule has 0 amide bonds. The first-order chi connectivity index (χ1) is 10.1. The molecule has 0 aliphatic heterocycles. The predicted octanol–water partition coefficient (Wildman–Crippen LogP) is 4.33.